The van der Waals surface area contributed by atoms with Gasteiger partial charge in [0, 0.05) is 23.7 Å². The highest BCUT2D eigenvalue weighted by atomic mass is 35.5. The lowest BCUT2D eigenvalue weighted by molar-refractivity contribution is 0.754. The predicted octanol–water partition coefficient (Wildman–Crippen LogP) is 3.66. The van der Waals surface area contributed by atoms with E-state index in [2.05, 4.69) is 36.5 Å². The third-order valence-electron chi connectivity index (χ3n) is 2.17. The lowest BCUT2D eigenvalue weighted by Crippen LogP contribution is -2.14. The minimum absolute atomic E-state index is 0.612. The van der Waals surface area contributed by atoms with Gasteiger partial charge in [-0.15, -0.1) is 0 Å². The lowest BCUT2D eigenvalue weighted by atomic mass is 10.1. The zero-order valence-corrected chi connectivity index (χ0v) is 10.3. The van der Waals surface area contributed by atoms with Gasteiger partial charge in [0.1, 0.15) is 0 Å². The van der Waals surface area contributed by atoms with Crippen LogP contribution >= 0.6 is 23.2 Å². The minimum atomic E-state index is 0.612. The van der Waals surface area contributed by atoms with E-state index in [4.69, 9.17) is 23.2 Å². The largest absolute Gasteiger partial charge is 0.308 e. The summed E-state index contributed by atoms with van der Waals surface area (Å²) < 4.78 is 0. The molecule has 0 spiro atoms. The van der Waals surface area contributed by atoms with Crippen LogP contribution in [0.5, 0.6) is 0 Å². The van der Waals surface area contributed by atoms with Crippen molar-refractivity contribution in [3.63, 3.8) is 0 Å². The summed E-state index contributed by atoms with van der Waals surface area (Å²) in [5, 5.41) is 3.83. The Bertz CT molecular complexity index is 317. The highest BCUT2D eigenvalue weighted by Gasteiger charge is 1.94. The summed E-state index contributed by atoms with van der Waals surface area (Å²) in [5.41, 5.74) is 4.00. The zero-order chi connectivity index (χ0) is 11.1. The topological polar surface area (TPSA) is 12.0 Å². The van der Waals surface area contributed by atoms with Crippen LogP contribution in [0.15, 0.2) is 34.8 Å². The van der Waals surface area contributed by atoms with Gasteiger partial charge < -0.3 is 5.32 Å². The van der Waals surface area contributed by atoms with Crippen LogP contribution in [0.1, 0.15) is 18.1 Å². The first kappa shape index (κ1) is 12.6. The van der Waals surface area contributed by atoms with E-state index in [9.17, 15) is 0 Å². The lowest BCUT2D eigenvalue weighted by Gasteiger charge is -2.04. The molecular formula is C12H15Cl2N. The molecule has 0 atom stereocenters. The van der Waals surface area contributed by atoms with Gasteiger partial charge in [0.15, 0.2) is 0 Å². The van der Waals surface area contributed by atoms with Gasteiger partial charge in [-0.3, -0.25) is 0 Å². The van der Waals surface area contributed by atoms with Crippen molar-refractivity contribution < 1.29 is 0 Å². The molecule has 1 aromatic carbocycles. The van der Waals surface area contributed by atoms with Crippen molar-refractivity contribution in [2.45, 2.75) is 19.9 Å². The number of hydrogen-bond acceptors (Lipinski definition) is 1. The number of hydrogen-bond donors (Lipinski definition) is 1. The molecule has 82 valence electrons. The predicted molar refractivity (Wildman–Crippen MR) is 67.3 cm³/mol. The quantitative estimate of drug-likeness (QED) is 0.833. The molecule has 0 amide bonds. The van der Waals surface area contributed by atoms with Crippen LogP contribution in [0.3, 0.4) is 0 Å². The van der Waals surface area contributed by atoms with Crippen molar-refractivity contribution in [1.82, 2.24) is 5.32 Å². The number of rotatable bonds is 5. The first-order valence-corrected chi connectivity index (χ1v) is 5.81. The summed E-state index contributed by atoms with van der Waals surface area (Å²) >= 11 is 11.2. The van der Waals surface area contributed by atoms with Crippen LogP contribution in [0.2, 0.25) is 0 Å². The van der Waals surface area contributed by atoms with E-state index in [1.54, 1.807) is 0 Å². The minimum Gasteiger partial charge on any atom is -0.308 e. The number of halogens is 2. The molecular weight excluding hydrogens is 229 g/mol. The fraction of sp³-hybridized carbons (Fsp3) is 0.333. The zero-order valence-electron chi connectivity index (χ0n) is 8.76. The van der Waals surface area contributed by atoms with Gasteiger partial charge in [-0.25, -0.2) is 0 Å². The molecule has 3 heteroatoms. The Kier molecular flexibility index (Phi) is 5.77. The van der Waals surface area contributed by atoms with E-state index in [1.807, 2.05) is 0 Å². The van der Waals surface area contributed by atoms with Crippen molar-refractivity contribution in [3.05, 3.63) is 46.0 Å². The summed E-state index contributed by atoms with van der Waals surface area (Å²) in [4.78, 5) is 0. The van der Waals surface area contributed by atoms with Gasteiger partial charge in [-0.2, -0.15) is 0 Å². The standard InChI is InChI=1S/C12H15Cl2N/c1-2-10-3-5-11(6-4-10)8-15-9-12(14)7-13/h3-7,15H,2,8-9H2,1H3/b12-7-. The molecule has 0 unspecified atom stereocenters. The van der Waals surface area contributed by atoms with Gasteiger partial charge >= 0.3 is 0 Å². The van der Waals surface area contributed by atoms with Gasteiger partial charge in [-0.1, -0.05) is 54.4 Å². The van der Waals surface area contributed by atoms with Crippen molar-refractivity contribution in [2.24, 2.45) is 0 Å². The van der Waals surface area contributed by atoms with E-state index >= 15 is 0 Å². The van der Waals surface area contributed by atoms with Crippen LogP contribution in [-0.4, -0.2) is 6.54 Å². The maximum absolute atomic E-state index is 5.75. The monoisotopic (exact) mass is 243 g/mol. The average Bonchev–Trinajstić information content (AvgIpc) is 2.29. The molecule has 0 bridgehead atoms. The van der Waals surface area contributed by atoms with Crippen molar-refractivity contribution in [3.8, 4) is 0 Å². The molecule has 1 nitrogen and oxygen atoms in total. The van der Waals surface area contributed by atoms with Crippen LogP contribution in [0.25, 0.3) is 0 Å². The van der Waals surface area contributed by atoms with E-state index in [1.165, 1.54) is 16.7 Å². The molecule has 0 aromatic heterocycles. The van der Waals surface area contributed by atoms with Crippen molar-refractivity contribution in [2.75, 3.05) is 6.54 Å². The Morgan fingerprint density at radius 2 is 1.87 bits per heavy atom. The molecule has 0 aliphatic heterocycles. The molecule has 0 saturated carbocycles. The van der Waals surface area contributed by atoms with Crippen LogP contribution in [-0.2, 0) is 13.0 Å². The van der Waals surface area contributed by atoms with Gasteiger partial charge in [0.05, 0.1) is 0 Å². The molecule has 0 heterocycles. The Morgan fingerprint density at radius 3 is 2.40 bits per heavy atom. The SMILES string of the molecule is CCc1ccc(CNC/C(Cl)=C/Cl)cc1. The smallest absolute Gasteiger partial charge is 0.0432 e. The molecule has 1 N–H and O–H groups in total. The van der Waals surface area contributed by atoms with Crippen LogP contribution in [0, 0.1) is 0 Å². The fourth-order valence-electron chi connectivity index (χ4n) is 1.26. The molecule has 1 rings (SSSR count). The summed E-state index contributed by atoms with van der Waals surface area (Å²) in [6.07, 6.45) is 1.08. The first-order chi connectivity index (χ1) is 7.26. The highest BCUT2D eigenvalue weighted by Crippen LogP contribution is 2.05. The van der Waals surface area contributed by atoms with E-state index < -0.39 is 0 Å². The van der Waals surface area contributed by atoms with Crippen molar-refractivity contribution >= 4 is 23.2 Å². The van der Waals surface area contributed by atoms with Crippen LogP contribution in [0.4, 0.5) is 0 Å². The number of benzene rings is 1. The highest BCUT2D eigenvalue weighted by molar-refractivity contribution is 6.36. The third kappa shape index (κ3) is 4.70. The average molecular weight is 244 g/mol. The second kappa shape index (κ2) is 6.89. The molecule has 0 saturated heterocycles. The maximum Gasteiger partial charge on any atom is 0.0432 e. The van der Waals surface area contributed by atoms with E-state index in [-0.39, 0.29) is 0 Å². The summed E-state index contributed by atoms with van der Waals surface area (Å²) in [5.74, 6) is 0. The van der Waals surface area contributed by atoms with E-state index in [0.717, 1.165) is 13.0 Å². The molecule has 0 aliphatic carbocycles. The second-order valence-electron chi connectivity index (χ2n) is 3.33. The van der Waals surface area contributed by atoms with Gasteiger partial charge in [0.25, 0.3) is 0 Å². The van der Waals surface area contributed by atoms with Gasteiger partial charge in [-0.05, 0) is 17.5 Å². The maximum atomic E-state index is 5.75. The molecule has 15 heavy (non-hydrogen) atoms. The van der Waals surface area contributed by atoms with Crippen molar-refractivity contribution in [1.29, 1.82) is 0 Å². The Labute approximate surface area is 101 Å². The summed E-state index contributed by atoms with van der Waals surface area (Å²) in [7, 11) is 0. The first-order valence-electron chi connectivity index (χ1n) is 4.99. The third-order valence-corrected chi connectivity index (χ3v) is 2.79. The Morgan fingerprint density at radius 1 is 1.27 bits per heavy atom. The summed E-state index contributed by atoms with van der Waals surface area (Å²) in [6, 6.07) is 8.56. The van der Waals surface area contributed by atoms with Gasteiger partial charge in [0.2, 0.25) is 0 Å². The van der Waals surface area contributed by atoms with E-state index in [0.29, 0.717) is 11.6 Å². The molecule has 0 fully saturated rings. The number of aryl methyl sites for hydroxylation is 1. The second-order valence-corrected chi connectivity index (χ2v) is 4.03. The molecule has 1 aromatic rings. The Balaban J connectivity index is 2.38. The molecule has 0 aliphatic rings. The Hall–Kier alpha value is -0.500. The fourth-order valence-corrected chi connectivity index (χ4v) is 1.43. The molecule has 0 radical (unpaired) electrons. The number of nitrogens with one attached hydrogen (secondary N) is 1. The normalized spacial score (nSPS) is 11.8. The summed E-state index contributed by atoms with van der Waals surface area (Å²) in [6.45, 7) is 3.57. The van der Waals surface area contributed by atoms with Crippen LogP contribution < -0.4 is 5.32 Å².